The summed E-state index contributed by atoms with van der Waals surface area (Å²) in [6.45, 7) is 0.371. The van der Waals surface area contributed by atoms with E-state index in [2.05, 4.69) is 25.9 Å². The van der Waals surface area contributed by atoms with Crippen molar-refractivity contribution in [2.75, 3.05) is 7.11 Å². The number of halogens is 1. The van der Waals surface area contributed by atoms with E-state index in [4.69, 9.17) is 4.74 Å². The lowest BCUT2D eigenvalue weighted by atomic mass is 10.0. The summed E-state index contributed by atoms with van der Waals surface area (Å²) in [5, 5.41) is 0.391. The van der Waals surface area contributed by atoms with Gasteiger partial charge in [0.2, 0.25) is 5.43 Å². The maximum atomic E-state index is 13.1. The zero-order valence-electron chi connectivity index (χ0n) is 15.5. The molecule has 0 aliphatic heterocycles. The fourth-order valence-corrected chi connectivity index (χ4v) is 3.50. The summed E-state index contributed by atoms with van der Waals surface area (Å²) in [6.07, 6.45) is 3.18. The Hall–Kier alpha value is -3.32. The molecule has 0 N–H and O–H groups in total. The van der Waals surface area contributed by atoms with Crippen molar-refractivity contribution in [3.8, 4) is 5.75 Å². The van der Waals surface area contributed by atoms with Crippen molar-refractivity contribution >= 4 is 32.7 Å². The van der Waals surface area contributed by atoms with Crippen LogP contribution in [0, 0.1) is 0 Å². The third-order valence-electron chi connectivity index (χ3n) is 4.53. The number of aromatic nitrogens is 3. The lowest BCUT2D eigenvalue weighted by molar-refractivity contribution is 0.103. The van der Waals surface area contributed by atoms with E-state index in [0.717, 1.165) is 5.69 Å². The summed E-state index contributed by atoms with van der Waals surface area (Å²) >= 11 is 3.37. The van der Waals surface area contributed by atoms with E-state index in [0.29, 0.717) is 33.5 Å². The summed E-state index contributed by atoms with van der Waals surface area (Å²) in [5.41, 5.74) is 1.44. The molecule has 3 aromatic heterocycles. The molecule has 0 amide bonds. The van der Waals surface area contributed by atoms with Gasteiger partial charge in [0.25, 0.3) is 0 Å². The lowest BCUT2D eigenvalue weighted by Crippen LogP contribution is -2.21. The van der Waals surface area contributed by atoms with Crippen LogP contribution in [0.25, 0.3) is 11.0 Å². The lowest BCUT2D eigenvalue weighted by Gasteiger charge is -2.12. The predicted octanol–water partition coefficient (Wildman–Crippen LogP) is 3.84. The van der Waals surface area contributed by atoms with Crippen molar-refractivity contribution in [3.63, 3.8) is 0 Å². The van der Waals surface area contributed by atoms with E-state index in [-0.39, 0.29) is 16.8 Å². The molecule has 4 rings (SSSR count). The SMILES string of the molecule is COc1ccc(C(=O)c2cn(Cc3cccc(Br)n3)c3ncccc3c2=O)cc1. The maximum Gasteiger partial charge on any atom is 0.202 e. The van der Waals surface area contributed by atoms with E-state index in [1.807, 2.05) is 18.2 Å². The quantitative estimate of drug-likeness (QED) is 0.341. The van der Waals surface area contributed by atoms with E-state index in [9.17, 15) is 9.59 Å². The molecule has 0 aliphatic carbocycles. The predicted molar refractivity (Wildman–Crippen MR) is 113 cm³/mol. The standard InChI is InChI=1S/C22H16BrN3O3/c1-29-16-9-7-14(8-10-16)20(27)18-13-26(12-15-4-2-6-19(23)25-15)22-17(21(18)28)5-3-11-24-22/h2-11,13H,12H2,1H3. The van der Waals surface area contributed by atoms with Gasteiger partial charge in [-0.15, -0.1) is 0 Å². The first-order chi connectivity index (χ1) is 14.1. The van der Waals surface area contributed by atoms with Crippen LogP contribution >= 0.6 is 15.9 Å². The molecule has 144 valence electrons. The second kappa shape index (κ2) is 7.97. The first-order valence-corrected chi connectivity index (χ1v) is 9.64. The van der Waals surface area contributed by atoms with Crippen LogP contribution in [0.4, 0.5) is 0 Å². The number of methoxy groups -OCH3 is 1. The minimum absolute atomic E-state index is 0.0886. The van der Waals surface area contributed by atoms with Crippen LogP contribution in [0.15, 0.2) is 76.4 Å². The monoisotopic (exact) mass is 449 g/mol. The summed E-state index contributed by atoms with van der Waals surface area (Å²) in [6, 6.07) is 15.6. The zero-order chi connectivity index (χ0) is 20.4. The van der Waals surface area contributed by atoms with Gasteiger partial charge in [0, 0.05) is 18.0 Å². The smallest absolute Gasteiger partial charge is 0.202 e. The van der Waals surface area contributed by atoms with Crippen LogP contribution in [0.3, 0.4) is 0 Å². The summed E-state index contributed by atoms with van der Waals surface area (Å²) in [5.74, 6) is 0.293. The molecule has 7 heteroatoms. The molecule has 0 unspecified atom stereocenters. The number of carbonyl (C=O) groups is 1. The van der Waals surface area contributed by atoms with Gasteiger partial charge in [-0.1, -0.05) is 6.07 Å². The highest BCUT2D eigenvalue weighted by atomic mass is 79.9. The maximum absolute atomic E-state index is 13.1. The number of pyridine rings is 3. The minimum atomic E-state index is -0.348. The molecule has 0 radical (unpaired) electrons. The van der Waals surface area contributed by atoms with E-state index in [1.54, 1.807) is 60.5 Å². The van der Waals surface area contributed by atoms with E-state index >= 15 is 0 Å². The van der Waals surface area contributed by atoms with E-state index in [1.165, 1.54) is 0 Å². The number of carbonyl (C=O) groups excluding carboxylic acids is 1. The molecule has 0 saturated carbocycles. The highest BCUT2D eigenvalue weighted by Crippen LogP contribution is 2.17. The zero-order valence-corrected chi connectivity index (χ0v) is 17.1. The van der Waals surface area contributed by atoms with Gasteiger partial charge in [-0.05, 0) is 64.5 Å². The van der Waals surface area contributed by atoms with Crippen LogP contribution in [0.5, 0.6) is 5.75 Å². The molecule has 0 fully saturated rings. The number of nitrogens with zero attached hydrogens (tertiary/aromatic N) is 3. The molecule has 4 aromatic rings. The average Bonchev–Trinajstić information content (AvgIpc) is 2.75. The van der Waals surface area contributed by atoms with Crippen molar-refractivity contribution in [1.29, 1.82) is 0 Å². The Balaban J connectivity index is 1.84. The molecule has 6 nitrogen and oxygen atoms in total. The molecule has 1 aromatic carbocycles. The molecule has 3 heterocycles. The van der Waals surface area contributed by atoms with E-state index < -0.39 is 0 Å². The fraction of sp³-hybridized carbons (Fsp3) is 0.0909. The van der Waals surface area contributed by atoms with Crippen LogP contribution in [0.2, 0.25) is 0 Å². The topological polar surface area (TPSA) is 74.1 Å². The van der Waals surface area contributed by atoms with Gasteiger partial charge in [0.05, 0.1) is 30.3 Å². The first-order valence-electron chi connectivity index (χ1n) is 8.85. The fourth-order valence-electron chi connectivity index (χ4n) is 3.12. The van der Waals surface area contributed by atoms with Gasteiger partial charge in [0.1, 0.15) is 16.0 Å². The molecule has 0 aliphatic rings. The van der Waals surface area contributed by atoms with Crippen molar-refractivity contribution in [1.82, 2.24) is 14.5 Å². The van der Waals surface area contributed by atoms with Crippen molar-refractivity contribution in [2.24, 2.45) is 0 Å². The third kappa shape index (κ3) is 3.82. The molecule has 0 atom stereocenters. The Morgan fingerprint density at radius 3 is 2.62 bits per heavy atom. The number of benzene rings is 1. The molecule has 29 heavy (non-hydrogen) atoms. The number of fused-ring (bicyclic) bond motifs is 1. The number of ether oxygens (including phenoxy) is 1. The molecular weight excluding hydrogens is 434 g/mol. The summed E-state index contributed by atoms with van der Waals surface area (Å²) in [7, 11) is 1.56. The van der Waals surface area contributed by atoms with Crippen molar-refractivity contribution in [3.05, 3.63) is 98.6 Å². The Bertz CT molecular complexity index is 1270. The molecule has 0 bridgehead atoms. The Kier molecular flexibility index (Phi) is 5.22. The Morgan fingerprint density at radius 1 is 1.10 bits per heavy atom. The molecule has 0 saturated heterocycles. The van der Waals surface area contributed by atoms with Crippen LogP contribution in [-0.4, -0.2) is 27.4 Å². The summed E-state index contributed by atoms with van der Waals surface area (Å²) in [4.78, 5) is 34.9. The van der Waals surface area contributed by atoms with Gasteiger partial charge in [-0.3, -0.25) is 9.59 Å². The van der Waals surface area contributed by atoms with Gasteiger partial charge in [0.15, 0.2) is 5.78 Å². The number of hydrogen-bond donors (Lipinski definition) is 0. The van der Waals surface area contributed by atoms with Gasteiger partial charge in [-0.2, -0.15) is 0 Å². The number of ketones is 1. The van der Waals surface area contributed by atoms with Crippen LogP contribution in [-0.2, 0) is 6.54 Å². The van der Waals surface area contributed by atoms with Crippen LogP contribution in [0.1, 0.15) is 21.6 Å². The van der Waals surface area contributed by atoms with Crippen molar-refractivity contribution < 1.29 is 9.53 Å². The van der Waals surface area contributed by atoms with Gasteiger partial charge < -0.3 is 9.30 Å². The van der Waals surface area contributed by atoms with Crippen molar-refractivity contribution in [2.45, 2.75) is 6.54 Å². The molecule has 0 spiro atoms. The first kappa shape index (κ1) is 19.0. The number of rotatable bonds is 5. The largest absolute Gasteiger partial charge is 0.497 e. The second-order valence-electron chi connectivity index (χ2n) is 6.38. The minimum Gasteiger partial charge on any atom is -0.497 e. The van der Waals surface area contributed by atoms with Gasteiger partial charge >= 0.3 is 0 Å². The Labute approximate surface area is 174 Å². The highest BCUT2D eigenvalue weighted by molar-refractivity contribution is 9.10. The van der Waals surface area contributed by atoms with Crippen LogP contribution < -0.4 is 10.2 Å². The molecular formula is C22H16BrN3O3. The average molecular weight is 450 g/mol. The number of hydrogen-bond acceptors (Lipinski definition) is 5. The second-order valence-corrected chi connectivity index (χ2v) is 7.20. The Morgan fingerprint density at radius 2 is 1.90 bits per heavy atom. The summed E-state index contributed by atoms with van der Waals surface area (Å²) < 4.78 is 7.63. The highest BCUT2D eigenvalue weighted by Gasteiger charge is 2.18. The van der Waals surface area contributed by atoms with Gasteiger partial charge in [-0.25, -0.2) is 9.97 Å². The normalized spacial score (nSPS) is 10.8. The third-order valence-corrected chi connectivity index (χ3v) is 4.98.